The van der Waals surface area contributed by atoms with Gasteiger partial charge in [0.05, 0.1) is 6.54 Å². The van der Waals surface area contributed by atoms with E-state index in [4.69, 9.17) is 4.52 Å². The van der Waals surface area contributed by atoms with Crippen LogP contribution in [0.1, 0.15) is 65.6 Å². The second-order valence-corrected chi connectivity index (χ2v) is 9.05. The highest BCUT2D eigenvalue weighted by Gasteiger charge is 2.35. The molecular formula is C19H32N4O2. The maximum absolute atomic E-state index is 12.7. The largest absolute Gasteiger partial charge is 0.339 e. The van der Waals surface area contributed by atoms with Crippen LogP contribution in [0.2, 0.25) is 0 Å². The van der Waals surface area contributed by atoms with Crippen LogP contribution in [-0.2, 0) is 16.8 Å². The monoisotopic (exact) mass is 348 g/mol. The van der Waals surface area contributed by atoms with Gasteiger partial charge in [-0.05, 0) is 24.7 Å². The summed E-state index contributed by atoms with van der Waals surface area (Å²) in [7, 11) is 0. The van der Waals surface area contributed by atoms with Gasteiger partial charge in [-0.25, -0.2) is 0 Å². The van der Waals surface area contributed by atoms with E-state index in [0.717, 1.165) is 31.4 Å². The van der Waals surface area contributed by atoms with Gasteiger partial charge >= 0.3 is 0 Å². The summed E-state index contributed by atoms with van der Waals surface area (Å²) in [5, 5.41) is 4.15. The number of nitrogens with zero attached hydrogens (tertiary/aromatic N) is 4. The van der Waals surface area contributed by atoms with Crippen molar-refractivity contribution in [2.45, 2.75) is 71.9 Å². The third-order valence-electron chi connectivity index (χ3n) is 5.20. The van der Waals surface area contributed by atoms with E-state index in [-0.39, 0.29) is 11.5 Å². The summed E-state index contributed by atoms with van der Waals surface area (Å²) < 4.78 is 5.41. The van der Waals surface area contributed by atoms with Crippen molar-refractivity contribution < 1.29 is 9.32 Å². The first-order valence-electron chi connectivity index (χ1n) is 9.59. The minimum Gasteiger partial charge on any atom is -0.339 e. The van der Waals surface area contributed by atoms with Crippen molar-refractivity contribution in [2.24, 2.45) is 11.8 Å². The minimum atomic E-state index is -0.137. The molecule has 6 heteroatoms. The highest BCUT2D eigenvalue weighted by atomic mass is 16.5. The lowest BCUT2D eigenvalue weighted by molar-refractivity contribution is -0.133. The van der Waals surface area contributed by atoms with Crippen LogP contribution in [0.15, 0.2) is 4.52 Å². The first-order valence-corrected chi connectivity index (χ1v) is 9.59. The predicted molar refractivity (Wildman–Crippen MR) is 96.0 cm³/mol. The molecule has 2 aliphatic rings. The molecule has 1 amide bonds. The summed E-state index contributed by atoms with van der Waals surface area (Å²) in [6.45, 7) is 13.9. The van der Waals surface area contributed by atoms with E-state index >= 15 is 0 Å². The van der Waals surface area contributed by atoms with Gasteiger partial charge in [0.15, 0.2) is 5.82 Å². The zero-order chi connectivity index (χ0) is 18.2. The van der Waals surface area contributed by atoms with Gasteiger partial charge in [-0.15, -0.1) is 0 Å². The van der Waals surface area contributed by atoms with Gasteiger partial charge in [0.25, 0.3) is 0 Å². The molecule has 6 nitrogen and oxygen atoms in total. The zero-order valence-electron chi connectivity index (χ0n) is 16.3. The Kier molecular flexibility index (Phi) is 5.19. The van der Waals surface area contributed by atoms with Crippen LogP contribution in [0.3, 0.4) is 0 Å². The number of amides is 1. The van der Waals surface area contributed by atoms with Crippen LogP contribution in [0.4, 0.5) is 0 Å². The molecule has 0 N–H and O–H groups in total. The zero-order valence-corrected chi connectivity index (χ0v) is 16.3. The lowest BCUT2D eigenvalue weighted by Crippen LogP contribution is -2.47. The molecule has 0 unspecified atom stereocenters. The second kappa shape index (κ2) is 7.06. The highest BCUT2D eigenvalue weighted by Crippen LogP contribution is 2.32. The number of carbonyl (C=O) groups is 1. The van der Waals surface area contributed by atoms with Crippen LogP contribution in [0.25, 0.3) is 0 Å². The maximum Gasteiger partial charge on any atom is 0.232 e. The van der Waals surface area contributed by atoms with Crippen molar-refractivity contribution in [3.63, 3.8) is 0 Å². The lowest BCUT2D eigenvalue weighted by Gasteiger charge is -2.34. The van der Waals surface area contributed by atoms with E-state index in [9.17, 15) is 4.79 Å². The molecule has 2 fully saturated rings. The number of hydrogen-bond acceptors (Lipinski definition) is 5. The van der Waals surface area contributed by atoms with Gasteiger partial charge < -0.3 is 9.42 Å². The average Bonchev–Trinajstić information content (AvgIpc) is 3.23. The normalized spacial score (nSPS) is 23.4. The number of rotatable bonds is 5. The van der Waals surface area contributed by atoms with Crippen molar-refractivity contribution in [3.8, 4) is 0 Å². The molecule has 1 saturated carbocycles. The van der Waals surface area contributed by atoms with Gasteiger partial charge in [-0.2, -0.15) is 4.98 Å². The van der Waals surface area contributed by atoms with Gasteiger partial charge in [0.1, 0.15) is 0 Å². The summed E-state index contributed by atoms with van der Waals surface area (Å²) in [6, 6.07) is 0.268. The molecular weight excluding hydrogens is 316 g/mol. The van der Waals surface area contributed by atoms with E-state index in [1.54, 1.807) is 0 Å². The molecule has 0 aromatic carbocycles. The molecule has 3 rings (SSSR count). The first kappa shape index (κ1) is 18.4. The molecule has 0 radical (unpaired) electrons. The van der Waals surface area contributed by atoms with Crippen molar-refractivity contribution in [2.75, 3.05) is 19.6 Å². The maximum atomic E-state index is 12.7. The topological polar surface area (TPSA) is 62.5 Å². The Balaban J connectivity index is 1.69. The van der Waals surface area contributed by atoms with Crippen LogP contribution >= 0.6 is 0 Å². The predicted octanol–water partition coefficient (Wildman–Crippen LogP) is 2.84. The van der Waals surface area contributed by atoms with Crippen LogP contribution in [0.5, 0.6) is 0 Å². The standard InChI is InChI=1S/C19H32N4O2/c1-13(2)15-11-22(9-8-17(24)23(15)10-14-6-7-14)12-16-20-18(25-21-16)19(3,4)5/h13-15H,6-12H2,1-5H3/t15-/m1/s1. The molecule has 2 heterocycles. The number of carbonyl (C=O) groups excluding carboxylic acids is 1. The molecule has 1 aliphatic heterocycles. The minimum absolute atomic E-state index is 0.137. The Bertz CT molecular complexity index is 601. The summed E-state index contributed by atoms with van der Waals surface area (Å²) in [6.07, 6.45) is 3.13. The van der Waals surface area contributed by atoms with E-state index < -0.39 is 0 Å². The number of aromatic nitrogens is 2. The summed E-state index contributed by atoms with van der Waals surface area (Å²) in [4.78, 5) is 21.7. The lowest BCUT2D eigenvalue weighted by atomic mass is 9.97. The molecule has 25 heavy (non-hydrogen) atoms. The Labute approximate surface area is 150 Å². The van der Waals surface area contributed by atoms with E-state index in [0.29, 0.717) is 30.7 Å². The van der Waals surface area contributed by atoms with E-state index in [1.165, 1.54) is 12.8 Å². The summed E-state index contributed by atoms with van der Waals surface area (Å²) >= 11 is 0. The average molecular weight is 348 g/mol. The molecule has 0 spiro atoms. The smallest absolute Gasteiger partial charge is 0.232 e. The molecule has 140 valence electrons. The molecule has 1 aromatic heterocycles. The number of hydrogen-bond donors (Lipinski definition) is 0. The third-order valence-corrected chi connectivity index (χ3v) is 5.20. The van der Waals surface area contributed by atoms with Crippen LogP contribution < -0.4 is 0 Å². The van der Waals surface area contributed by atoms with Crippen molar-refractivity contribution in [1.82, 2.24) is 19.9 Å². The van der Waals surface area contributed by atoms with Gasteiger partial charge in [-0.1, -0.05) is 39.8 Å². The third kappa shape index (κ3) is 4.60. The SMILES string of the molecule is CC(C)[C@H]1CN(Cc2noc(C(C)(C)C)n2)CCC(=O)N1CC1CC1. The summed E-state index contributed by atoms with van der Waals surface area (Å²) in [5.41, 5.74) is -0.137. The van der Waals surface area contributed by atoms with E-state index in [1.807, 2.05) is 0 Å². The molecule has 1 atom stereocenters. The Morgan fingerprint density at radius 3 is 2.56 bits per heavy atom. The quantitative estimate of drug-likeness (QED) is 0.819. The second-order valence-electron chi connectivity index (χ2n) is 9.05. The Morgan fingerprint density at radius 1 is 1.28 bits per heavy atom. The van der Waals surface area contributed by atoms with Gasteiger partial charge in [-0.3, -0.25) is 9.69 Å². The summed E-state index contributed by atoms with van der Waals surface area (Å²) in [5.74, 6) is 2.86. The van der Waals surface area contributed by atoms with Crippen molar-refractivity contribution >= 4 is 5.91 Å². The fourth-order valence-corrected chi connectivity index (χ4v) is 3.39. The van der Waals surface area contributed by atoms with Gasteiger partial charge in [0.2, 0.25) is 11.8 Å². The fourth-order valence-electron chi connectivity index (χ4n) is 3.39. The first-order chi connectivity index (χ1) is 11.7. The Hall–Kier alpha value is -1.43. The molecule has 1 saturated heterocycles. The van der Waals surface area contributed by atoms with E-state index in [2.05, 4.69) is 54.6 Å². The fraction of sp³-hybridized carbons (Fsp3) is 0.842. The highest BCUT2D eigenvalue weighted by molar-refractivity contribution is 5.77. The van der Waals surface area contributed by atoms with Crippen molar-refractivity contribution in [3.05, 3.63) is 11.7 Å². The molecule has 0 bridgehead atoms. The van der Waals surface area contributed by atoms with Crippen molar-refractivity contribution in [1.29, 1.82) is 0 Å². The van der Waals surface area contributed by atoms with Gasteiger partial charge in [0, 0.05) is 37.5 Å². The molecule has 1 aliphatic carbocycles. The molecule has 1 aromatic rings. The Morgan fingerprint density at radius 2 is 2.00 bits per heavy atom. The van der Waals surface area contributed by atoms with Crippen LogP contribution in [-0.4, -0.2) is 51.5 Å². The van der Waals surface area contributed by atoms with Crippen LogP contribution in [0, 0.1) is 11.8 Å².